The van der Waals surface area contributed by atoms with E-state index >= 15 is 0 Å². The molecule has 16 heavy (non-hydrogen) atoms. The minimum absolute atomic E-state index is 0.00680. The predicted molar refractivity (Wildman–Crippen MR) is 63.2 cm³/mol. The van der Waals surface area contributed by atoms with E-state index in [1.165, 1.54) is 4.90 Å². The van der Waals surface area contributed by atoms with Gasteiger partial charge in [-0.25, -0.2) is 0 Å². The molecule has 0 saturated carbocycles. The summed E-state index contributed by atoms with van der Waals surface area (Å²) < 4.78 is 0. The highest BCUT2D eigenvalue weighted by molar-refractivity contribution is 5.81. The molecule has 0 aromatic heterocycles. The van der Waals surface area contributed by atoms with Crippen LogP contribution in [0.5, 0.6) is 0 Å². The summed E-state index contributed by atoms with van der Waals surface area (Å²) in [5, 5.41) is 8.77. The number of carboxylic acid groups (broad SMARTS) is 1. The van der Waals surface area contributed by atoms with E-state index in [0.29, 0.717) is 12.3 Å². The molecule has 4 heteroatoms. The topological polar surface area (TPSA) is 57.6 Å². The lowest BCUT2D eigenvalue weighted by atomic mass is 10.0. The summed E-state index contributed by atoms with van der Waals surface area (Å²) in [6, 6.07) is -0.00680. The maximum atomic E-state index is 11.9. The first-order valence-electron chi connectivity index (χ1n) is 5.93. The molecule has 0 rings (SSSR count). The van der Waals surface area contributed by atoms with Crippen LogP contribution in [0.4, 0.5) is 0 Å². The predicted octanol–water partition coefficient (Wildman–Crippen LogP) is 2.13. The third kappa shape index (κ3) is 5.14. The summed E-state index contributed by atoms with van der Waals surface area (Å²) in [6.07, 6.45) is 2.15. The summed E-state index contributed by atoms with van der Waals surface area (Å²) in [5.74, 6) is -0.684. The largest absolute Gasteiger partial charge is 0.480 e. The molecule has 0 saturated heterocycles. The molecule has 2 atom stereocenters. The van der Waals surface area contributed by atoms with Crippen LogP contribution >= 0.6 is 0 Å². The van der Waals surface area contributed by atoms with Gasteiger partial charge in [-0.1, -0.05) is 27.2 Å². The van der Waals surface area contributed by atoms with Gasteiger partial charge in [0, 0.05) is 12.5 Å². The molecule has 1 amide bonds. The van der Waals surface area contributed by atoms with Crippen molar-refractivity contribution in [1.82, 2.24) is 4.90 Å². The fraction of sp³-hybridized carbons (Fsp3) is 0.833. The van der Waals surface area contributed by atoms with Crippen molar-refractivity contribution >= 4 is 11.9 Å². The molecule has 0 heterocycles. The lowest BCUT2D eigenvalue weighted by Crippen LogP contribution is -2.42. The van der Waals surface area contributed by atoms with Crippen LogP contribution in [0, 0.1) is 5.92 Å². The van der Waals surface area contributed by atoms with Crippen molar-refractivity contribution in [1.29, 1.82) is 0 Å². The molecular weight excluding hydrogens is 206 g/mol. The minimum atomic E-state index is -0.946. The number of carboxylic acids is 1. The van der Waals surface area contributed by atoms with Crippen molar-refractivity contribution in [2.24, 2.45) is 5.92 Å². The van der Waals surface area contributed by atoms with Crippen LogP contribution in [0.3, 0.4) is 0 Å². The van der Waals surface area contributed by atoms with Crippen LogP contribution < -0.4 is 0 Å². The third-order valence-corrected chi connectivity index (χ3v) is 2.97. The van der Waals surface area contributed by atoms with Crippen LogP contribution in [-0.4, -0.2) is 34.5 Å². The van der Waals surface area contributed by atoms with E-state index in [1.807, 2.05) is 27.7 Å². The fourth-order valence-corrected chi connectivity index (χ4v) is 1.42. The Morgan fingerprint density at radius 3 is 2.12 bits per heavy atom. The monoisotopic (exact) mass is 229 g/mol. The maximum Gasteiger partial charge on any atom is 0.323 e. The Morgan fingerprint density at radius 1 is 1.19 bits per heavy atom. The van der Waals surface area contributed by atoms with E-state index < -0.39 is 5.97 Å². The lowest BCUT2D eigenvalue weighted by Gasteiger charge is -2.28. The second-order valence-electron chi connectivity index (χ2n) is 4.39. The first-order valence-corrected chi connectivity index (χ1v) is 5.93. The maximum absolute atomic E-state index is 11.9. The molecule has 0 spiro atoms. The Bertz CT molecular complexity index is 240. The van der Waals surface area contributed by atoms with E-state index in [1.54, 1.807) is 0 Å². The van der Waals surface area contributed by atoms with Gasteiger partial charge in [-0.05, 0) is 19.3 Å². The first-order chi connectivity index (χ1) is 7.42. The van der Waals surface area contributed by atoms with Crippen LogP contribution in [0.2, 0.25) is 0 Å². The highest BCUT2D eigenvalue weighted by Gasteiger charge is 2.22. The molecule has 0 aliphatic carbocycles. The van der Waals surface area contributed by atoms with E-state index in [4.69, 9.17) is 5.11 Å². The van der Waals surface area contributed by atoms with Crippen molar-refractivity contribution in [3.63, 3.8) is 0 Å². The SMILES string of the molecule is CCC(C)CC(=O)N(CC(=O)O)C(C)CC. The molecule has 0 bridgehead atoms. The molecule has 0 aliphatic rings. The Kier molecular flexibility index (Phi) is 6.77. The number of carbonyl (C=O) groups excluding carboxylic acids is 1. The highest BCUT2D eigenvalue weighted by Crippen LogP contribution is 2.12. The fourth-order valence-electron chi connectivity index (χ4n) is 1.42. The summed E-state index contributed by atoms with van der Waals surface area (Å²) >= 11 is 0. The Hall–Kier alpha value is -1.06. The summed E-state index contributed by atoms with van der Waals surface area (Å²) in [6.45, 7) is 7.69. The third-order valence-electron chi connectivity index (χ3n) is 2.97. The Balaban J connectivity index is 4.49. The smallest absolute Gasteiger partial charge is 0.323 e. The molecule has 0 aromatic carbocycles. The zero-order valence-corrected chi connectivity index (χ0v) is 10.7. The van der Waals surface area contributed by atoms with Gasteiger partial charge in [0.05, 0.1) is 0 Å². The van der Waals surface area contributed by atoms with Crippen LogP contribution in [0.25, 0.3) is 0 Å². The van der Waals surface area contributed by atoms with Crippen LogP contribution in [0.1, 0.15) is 47.0 Å². The number of aliphatic carboxylic acids is 1. The number of hydrogen-bond acceptors (Lipinski definition) is 2. The number of hydrogen-bond donors (Lipinski definition) is 1. The number of amides is 1. The molecule has 0 aliphatic heterocycles. The van der Waals surface area contributed by atoms with Crippen molar-refractivity contribution in [2.75, 3.05) is 6.54 Å². The van der Waals surface area contributed by atoms with E-state index in [2.05, 4.69) is 0 Å². The molecular formula is C12H23NO3. The zero-order chi connectivity index (χ0) is 12.7. The average Bonchev–Trinajstić information content (AvgIpc) is 2.24. The second kappa shape index (κ2) is 7.25. The van der Waals surface area contributed by atoms with Gasteiger partial charge in [-0.3, -0.25) is 9.59 Å². The van der Waals surface area contributed by atoms with Crippen molar-refractivity contribution < 1.29 is 14.7 Å². The standard InChI is InChI=1S/C12H23NO3/c1-5-9(3)7-11(14)13(8-12(15)16)10(4)6-2/h9-10H,5-8H2,1-4H3,(H,15,16). The Morgan fingerprint density at radius 2 is 1.75 bits per heavy atom. The first kappa shape index (κ1) is 14.9. The van der Waals surface area contributed by atoms with Gasteiger partial charge in [-0.2, -0.15) is 0 Å². The normalized spacial score (nSPS) is 14.2. The van der Waals surface area contributed by atoms with Crippen LogP contribution in [0.15, 0.2) is 0 Å². The second-order valence-corrected chi connectivity index (χ2v) is 4.39. The molecule has 1 N–H and O–H groups in total. The lowest BCUT2D eigenvalue weighted by molar-refractivity contribution is -0.146. The molecule has 0 fully saturated rings. The van der Waals surface area contributed by atoms with Gasteiger partial charge in [0.1, 0.15) is 6.54 Å². The van der Waals surface area contributed by atoms with Gasteiger partial charge < -0.3 is 10.0 Å². The molecule has 0 aromatic rings. The zero-order valence-electron chi connectivity index (χ0n) is 10.7. The Labute approximate surface area is 97.6 Å². The van der Waals surface area contributed by atoms with E-state index in [0.717, 1.165) is 12.8 Å². The van der Waals surface area contributed by atoms with E-state index in [9.17, 15) is 9.59 Å². The minimum Gasteiger partial charge on any atom is -0.480 e. The number of nitrogens with zero attached hydrogens (tertiary/aromatic N) is 1. The molecule has 94 valence electrons. The molecule has 4 nitrogen and oxygen atoms in total. The van der Waals surface area contributed by atoms with Gasteiger partial charge in [0.2, 0.25) is 5.91 Å². The summed E-state index contributed by atoms with van der Waals surface area (Å²) in [4.78, 5) is 24.1. The van der Waals surface area contributed by atoms with Gasteiger partial charge >= 0.3 is 5.97 Å². The van der Waals surface area contributed by atoms with Crippen molar-refractivity contribution in [3.05, 3.63) is 0 Å². The number of carbonyl (C=O) groups is 2. The average molecular weight is 229 g/mol. The molecule has 2 unspecified atom stereocenters. The van der Waals surface area contributed by atoms with E-state index in [-0.39, 0.29) is 18.5 Å². The number of rotatable bonds is 7. The van der Waals surface area contributed by atoms with Gasteiger partial charge in [-0.15, -0.1) is 0 Å². The highest BCUT2D eigenvalue weighted by atomic mass is 16.4. The molecule has 0 radical (unpaired) electrons. The van der Waals surface area contributed by atoms with Gasteiger partial charge in [0.25, 0.3) is 0 Å². The quantitative estimate of drug-likeness (QED) is 0.727. The van der Waals surface area contributed by atoms with Crippen molar-refractivity contribution in [3.8, 4) is 0 Å². The van der Waals surface area contributed by atoms with Crippen LogP contribution in [-0.2, 0) is 9.59 Å². The summed E-state index contributed by atoms with van der Waals surface area (Å²) in [5.41, 5.74) is 0. The van der Waals surface area contributed by atoms with Crippen molar-refractivity contribution in [2.45, 2.75) is 53.0 Å². The van der Waals surface area contributed by atoms with Gasteiger partial charge in [0.15, 0.2) is 0 Å². The summed E-state index contributed by atoms with van der Waals surface area (Å²) in [7, 11) is 0.